The van der Waals surface area contributed by atoms with Crippen molar-refractivity contribution >= 4 is 101 Å². The second-order valence-electron chi connectivity index (χ2n) is 36.3. The van der Waals surface area contributed by atoms with Gasteiger partial charge in [0.2, 0.25) is 0 Å². The van der Waals surface area contributed by atoms with Crippen molar-refractivity contribution in [2.75, 3.05) is 9.80 Å². The summed E-state index contributed by atoms with van der Waals surface area (Å²) in [5.41, 5.74) is 27.8. The summed E-state index contributed by atoms with van der Waals surface area (Å²) in [6.45, 7) is 34.1. The van der Waals surface area contributed by atoms with E-state index < -0.39 is 41.7 Å². The van der Waals surface area contributed by atoms with Gasteiger partial charge in [0.25, 0.3) is 6.71 Å². The van der Waals surface area contributed by atoms with Crippen LogP contribution in [-0.4, -0.2) is 15.8 Å². The Kier molecular flexibility index (Phi) is 13.6. The molecule has 115 heavy (non-hydrogen) atoms. The summed E-state index contributed by atoms with van der Waals surface area (Å²) in [6, 6.07) is 79.2. The van der Waals surface area contributed by atoms with E-state index in [9.17, 15) is 5.48 Å². The number of hydrogen-bond acceptors (Lipinski definition) is 2. The van der Waals surface area contributed by atoms with Crippen molar-refractivity contribution in [1.29, 1.82) is 0 Å². The topological polar surface area (TPSA) is 16.3 Å². The minimum Gasteiger partial charge on any atom is -0.311 e. The monoisotopic (exact) mass is 1500 g/mol. The van der Waals surface area contributed by atoms with Gasteiger partial charge in [-0.2, -0.15) is 0 Å². The number of para-hydroxylation sites is 6. The molecule has 0 radical (unpaired) electrons. The van der Waals surface area contributed by atoms with Crippen LogP contribution in [0.5, 0.6) is 0 Å². The fourth-order valence-electron chi connectivity index (χ4n) is 17.2. The number of hydrogen-bond donors (Lipinski definition) is 0. The van der Waals surface area contributed by atoms with E-state index >= 15 is 0 Å². The summed E-state index contributed by atoms with van der Waals surface area (Å²) in [5, 5.41) is 0.366. The minimum atomic E-state index is -0.493. The average Bonchev–Trinajstić information content (AvgIpc) is 1.10. The van der Waals surface area contributed by atoms with E-state index in [4.69, 9.17) is 15.1 Å². The highest BCUT2D eigenvalue weighted by atomic mass is 15.2. The highest BCUT2D eigenvalue weighted by Crippen LogP contribution is 2.52. The number of anilines is 6. The number of nitrogens with zero attached hydrogens (tertiary/aromatic N) is 4. The maximum atomic E-state index is 9.24. The van der Waals surface area contributed by atoms with Crippen LogP contribution in [0, 0.1) is 0 Å². The summed E-state index contributed by atoms with van der Waals surface area (Å²) < 4.78 is 137. The zero-order valence-corrected chi connectivity index (χ0v) is 67.9. The molecule has 2 aliphatic heterocycles. The largest absolute Gasteiger partial charge is 0.311 e. The Bertz CT molecular complexity index is 7540. The van der Waals surface area contributed by atoms with Crippen LogP contribution in [0.15, 0.2) is 327 Å². The molecule has 17 aromatic rings. The molecule has 0 spiro atoms. The second-order valence-corrected chi connectivity index (χ2v) is 36.3. The molecular weight excluding hydrogens is 1390 g/mol. The van der Waals surface area contributed by atoms with Crippen molar-refractivity contribution in [3.8, 4) is 78.1 Å². The lowest BCUT2D eigenvalue weighted by molar-refractivity contribution is 0.568. The number of aromatic nitrogens is 2. The summed E-state index contributed by atoms with van der Waals surface area (Å²) in [4.78, 5) is 5.05. The first-order valence-electron chi connectivity index (χ1n) is 47.4. The molecule has 4 nitrogen and oxygen atoms in total. The number of benzene rings is 15. The van der Waals surface area contributed by atoms with Gasteiger partial charge in [-0.25, -0.2) is 0 Å². The molecule has 5 heteroatoms. The van der Waals surface area contributed by atoms with Crippen LogP contribution in [0.25, 0.3) is 122 Å². The van der Waals surface area contributed by atoms with Crippen LogP contribution in [0.3, 0.4) is 0 Å². The molecule has 562 valence electrons. The Morgan fingerprint density at radius 2 is 0.565 bits per heavy atom. The molecule has 19 rings (SSSR count). The summed E-state index contributed by atoms with van der Waals surface area (Å²) in [5.74, 6) is 0. The van der Waals surface area contributed by atoms with Gasteiger partial charge in [-0.1, -0.05) is 340 Å². The van der Waals surface area contributed by atoms with Crippen LogP contribution in [0.4, 0.5) is 34.1 Å². The molecule has 0 saturated carbocycles. The lowest BCUT2D eigenvalue weighted by Gasteiger charge is -2.46. The van der Waals surface area contributed by atoms with Crippen molar-refractivity contribution in [2.24, 2.45) is 0 Å². The van der Waals surface area contributed by atoms with Crippen molar-refractivity contribution in [3.05, 3.63) is 355 Å². The normalized spacial score (nSPS) is 14.9. The maximum Gasteiger partial charge on any atom is 0.252 e. The van der Waals surface area contributed by atoms with Crippen molar-refractivity contribution in [3.63, 3.8) is 0 Å². The second kappa shape index (κ2) is 27.1. The van der Waals surface area contributed by atoms with Gasteiger partial charge in [0.15, 0.2) is 0 Å². The third-order valence-electron chi connectivity index (χ3n) is 23.6. The third kappa shape index (κ3) is 12.7. The molecule has 0 N–H and O–H groups in total. The Hall–Kier alpha value is -12.4. The molecule has 4 heterocycles. The van der Waals surface area contributed by atoms with E-state index in [1.54, 1.807) is 4.57 Å². The fraction of sp³-hybridized carbons (Fsp3) is 0.182. The molecule has 2 aromatic heterocycles. The van der Waals surface area contributed by atoms with E-state index in [-0.39, 0.29) is 126 Å². The van der Waals surface area contributed by atoms with Crippen LogP contribution in [0.2, 0.25) is 0 Å². The minimum absolute atomic E-state index is 0.0237. The van der Waals surface area contributed by atoms with E-state index in [1.807, 2.05) is 48.5 Å². The number of fused-ring (bicyclic) bond motifs is 10. The predicted molar refractivity (Wildman–Crippen MR) is 495 cm³/mol. The van der Waals surface area contributed by atoms with Gasteiger partial charge in [-0.15, -0.1) is 0 Å². The molecule has 15 aromatic carbocycles. The Morgan fingerprint density at radius 3 is 0.991 bits per heavy atom. The van der Waals surface area contributed by atoms with Crippen LogP contribution >= 0.6 is 0 Å². The van der Waals surface area contributed by atoms with E-state index in [2.05, 4.69) is 296 Å². The van der Waals surface area contributed by atoms with Crippen molar-refractivity contribution < 1.29 is 20.6 Å². The van der Waals surface area contributed by atoms with Crippen molar-refractivity contribution in [2.45, 2.75) is 131 Å². The summed E-state index contributed by atoms with van der Waals surface area (Å²) >= 11 is 0. The van der Waals surface area contributed by atoms with Gasteiger partial charge < -0.3 is 18.9 Å². The van der Waals surface area contributed by atoms with E-state index in [0.717, 1.165) is 123 Å². The summed E-state index contributed by atoms with van der Waals surface area (Å²) in [6.07, 6.45) is 0. The average molecular weight is 1500 g/mol. The first-order chi connectivity index (χ1) is 61.4. The fourth-order valence-corrected chi connectivity index (χ4v) is 17.2. The third-order valence-corrected chi connectivity index (χ3v) is 23.6. The Labute approximate surface area is 700 Å². The van der Waals surface area contributed by atoms with Gasteiger partial charge in [0.1, 0.15) is 0 Å². The molecule has 2 aliphatic rings. The smallest absolute Gasteiger partial charge is 0.252 e. The lowest BCUT2D eigenvalue weighted by atomic mass is 9.33. The predicted octanol–water partition coefficient (Wildman–Crippen LogP) is 28.5. The molecule has 0 fully saturated rings. The zero-order chi connectivity index (χ0) is 92.4. The Balaban J connectivity index is 0.812. The standard InChI is InChI=1S/C110H99BN4/c1-106(2,3)80-60-78(61-81(66-80)107(4,5)6)75-51-57-101-93(64-75)111-94-65-76(79-62-82(108(7,8)9)67-83(63-79)109(10,11)12)52-58-102(94)115(96-38-23-17-32-88(96)77-30-28-29-74(59-77)72-49-55-86(56-50-72)113-99-41-26-20-35-91(99)92-36-21-27-42-100(92)113)104-69-84(110(13,14)15)68-103(105(104)111)114(101)95-37-22-16-31-87(95)73-45-43-70(44-46-73)71-47-53-85(54-48-71)112-97-39-24-18-33-89(97)90-34-19-25-40-98(90)112/h16-69H,1-15H3/i18D,19D,20D,24D,25D,26D,27D,33D,34D,35D,36D,39D,40D,41D,42D. The quantitative estimate of drug-likeness (QED) is 0.127. The zero-order valence-electron chi connectivity index (χ0n) is 82.9. The number of rotatable bonds is 10. The molecule has 0 bridgehead atoms. The van der Waals surface area contributed by atoms with Crippen LogP contribution < -0.4 is 26.2 Å². The molecule has 0 unspecified atom stereocenters. The first-order valence-corrected chi connectivity index (χ1v) is 39.9. The highest BCUT2D eigenvalue weighted by Gasteiger charge is 2.46. The SMILES string of the molecule is [2H]c1cc([2H])c2c3c([2H])c([2H])c([2H])c([2H])c3n(-c3ccc(-c4cccc(-c5ccccc5N5c6ccc(-c7cc(C(C)(C)C)cc(C(C)(C)C)c7)cc6B6c7cc(-c8cc(C(C)(C)C)cc(C(C)(C)C)c8)ccc7N(c7ccccc7-c7ccc(-c8ccc(-n9c%10c([2H])c([2H])c([2H])c([2H])c%10c%10c([2H])c([2H])c([2H])c([2H])c%109)cc8)cc7)c7cc(C(C)(C)C)cc5c76)c4)cc3)c2c1[2H]. The molecule has 0 aliphatic carbocycles. The van der Waals surface area contributed by atoms with Crippen LogP contribution in [0.1, 0.15) is 152 Å². The molecule has 0 atom stereocenters. The van der Waals surface area contributed by atoms with E-state index in [0.29, 0.717) is 11.4 Å². The molecule has 0 amide bonds. The molecule has 0 saturated heterocycles. The highest BCUT2D eigenvalue weighted by molar-refractivity contribution is 7.00. The van der Waals surface area contributed by atoms with E-state index in [1.165, 1.54) is 32.9 Å². The first kappa shape index (κ1) is 57.6. The van der Waals surface area contributed by atoms with Crippen molar-refractivity contribution in [1.82, 2.24) is 9.13 Å². The van der Waals surface area contributed by atoms with Gasteiger partial charge in [-0.3, -0.25) is 0 Å². The molecular formula is C110H99BN4. The summed E-state index contributed by atoms with van der Waals surface area (Å²) in [7, 11) is 0. The lowest BCUT2D eigenvalue weighted by Crippen LogP contribution is -2.61. The van der Waals surface area contributed by atoms with Gasteiger partial charge in [0, 0.05) is 66.8 Å². The Morgan fingerprint density at radius 1 is 0.235 bits per heavy atom. The maximum absolute atomic E-state index is 9.24. The van der Waals surface area contributed by atoms with Crippen LogP contribution in [-0.2, 0) is 27.1 Å². The van der Waals surface area contributed by atoms with Gasteiger partial charge >= 0.3 is 0 Å². The van der Waals surface area contributed by atoms with Gasteiger partial charge in [-0.05, 0) is 218 Å². The van der Waals surface area contributed by atoms with Gasteiger partial charge in [0.05, 0.1) is 54.0 Å².